The fourth-order valence-electron chi connectivity index (χ4n) is 1.55. The first kappa shape index (κ1) is 14.8. The van der Waals surface area contributed by atoms with E-state index in [9.17, 15) is 4.79 Å². The Morgan fingerprint density at radius 1 is 1.43 bits per heavy atom. The number of carbonyl (C=O) groups is 1. The van der Waals surface area contributed by atoms with Gasteiger partial charge in [-0.05, 0) is 31.2 Å². The summed E-state index contributed by atoms with van der Waals surface area (Å²) in [6.45, 7) is 1.81. The van der Waals surface area contributed by atoms with Crippen molar-refractivity contribution in [3.05, 3.63) is 51.7 Å². The molecular weight excluding hydrogens is 286 g/mol. The Balaban J connectivity index is 1.82. The van der Waals surface area contributed by atoms with E-state index in [2.05, 4.69) is 10.5 Å². The third-order valence-electron chi connectivity index (χ3n) is 2.51. The van der Waals surface area contributed by atoms with Crippen molar-refractivity contribution in [1.29, 1.82) is 5.26 Å². The minimum Gasteiger partial charge on any atom is -0.482 e. The van der Waals surface area contributed by atoms with Crippen LogP contribution in [0.4, 0.5) is 0 Å². The Morgan fingerprint density at radius 3 is 2.95 bits per heavy atom. The molecule has 1 amide bonds. The summed E-state index contributed by atoms with van der Waals surface area (Å²) < 4.78 is 5.29. The van der Waals surface area contributed by atoms with E-state index in [1.165, 1.54) is 4.88 Å². The van der Waals surface area contributed by atoms with Crippen molar-refractivity contribution in [2.24, 2.45) is 5.10 Å². The standard InChI is InChI=1S/C15H13N3O2S/c1-11-6-7-13(21-11)9-17-18-15(19)10-20-14-5-3-2-4-12(14)8-16/h2-7,9H,10H2,1H3,(H,18,19)/b17-9+. The number of hydrazone groups is 1. The SMILES string of the molecule is Cc1ccc(/C=N/NC(=O)COc2ccccc2C#N)s1. The Labute approximate surface area is 126 Å². The van der Waals surface area contributed by atoms with E-state index in [1.807, 2.05) is 25.1 Å². The molecule has 0 fully saturated rings. The highest BCUT2D eigenvalue weighted by atomic mass is 32.1. The summed E-state index contributed by atoms with van der Waals surface area (Å²) in [5, 5.41) is 12.8. The van der Waals surface area contributed by atoms with Gasteiger partial charge in [-0.15, -0.1) is 11.3 Å². The second-order valence-electron chi connectivity index (χ2n) is 4.14. The number of nitrogens with zero attached hydrogens (tertiary/aromatic N) is 2. The summed E-state index contributed by atoms with van der Waals surface area (Å²) in [6.07, 6.45) is 1.58. The van der Waals surface area contributed by atoms with Crippen LogP contribution in [0.5, 0.6) is 5.75 Å². The van der Waals surface area contributed by atoms with Gasteiger partial charge < -0.3 is 4.74 Å². The molecule has 0 radical (unpaired) electrons. The van der Waals surface area contributed by atoms with E-state index in [0.29, 0.717) is 11.3 Å². The zero-order valence-electron chi connectivity index (χ0n) is 11.4. The predicted octanol–water partition coefficient (Wildman–Crippen LogP) is 2.46. The van der Waals surface area contributed by atoms with E-state index < -0.39 is 0 Å². The lowest BCUT2D eigenvalue weighted by atomic mass is 10.2. The number of ether oxygens (including phenoxy) is 1. The number of hydrogen-bond acceptors (Lipinski definition) is 5. The quantitative estimate of drug-likeness (QED) is 0.680. The molecule has 21 heavy (non-hydrogen) atoms. The molecule has 0 spiro atoms. The molecule has 1 aromatic heterocycles. The average molecular weight is 299 g/mol. The maximum Gasteiger partial charge on any atom is 0.277 e. The van der Waals surface area contributed by atoms with Gasteiger partial charge in [0.2, 0.25) is 0 Å². The molecule has 0 saturated carbocycles. The summed E-state index contributed by atoms with van der Waals surface area (Å²) >= 11 is 1.59. The van der Waals surface area contributed by atoms with Crippen molar-refractivity contribution in [2.45, 2.75) is 6.92 Å². The van der Waals surface area contributed by atoms with Crippen LogP contribution in [0, 0.1) is 18.3 Å². The summed E-state index contributed by atoms with van der Waals surface area (Å²) in [7, 11) is 0. The first-order valence-corrected chi connectivity index (χ1v) is 7.01. The number of para-hydroxylation sites is 1. The first-order chi connectivity index (χ1) is 10.2. The highest BCUT2D eigenvalue weighted by molar-refractivity contribution is 7.13. The number of carbonyl (C=O) groups excluding carboxylic acids is 1. The fourth-order valence-corrected chi connectivity index (χ4v) is 2.30. The van der Waals surface area contributed by atoms with Crippen molar-refractivity contribution < 1.29 is 9.53 Å². The van der Waals surface area contributed by atoms with Crippen molar-refractivity contribution in [1.82, 2.24) is 5.43 Å². The van der Waals surface area contributed by atoms with Crippen LogP contribution in [0.15, 0.2) is 41.5 Å². The third kappa shape index (κ3) is 4.44. The molecule has 6 heteroatoms. The molecule has 0 aliphatic heterocycles. The van der Waals surface area contributed by atoms with Crippen molar-refractivity contribution in [2.75, 3.05) is 6.61 Å². The number of rotatable bonds is 5. The Bertz CT molecular complexity index is 701. The maximum absolute atomic E-state index is 11.6. The molecule has 5 nitrogen and oxygen atoms in total. The van der Waals surface area contributed by atoms with Gasteiger partial charge in [0.15, 0.2) is 6.61 Å². The second-order valence-corrected chi connectivity index (χ2v) is 5.46. The highest BCUT2D eigenvalue weighted by Crippen LogP contribution is 2.16. The van der Waals surface area contributed by atoms with Crippen molar-refractivity contribution >= 4 is 23.5 Å². The number of aryl methyl sites for hydroxylation is 1. The maximum atomic E-state index is 11.6. The van der Waals surface area contributed by atoms with E-state index in [-0.39, 0.29) is 12.5 Å². The average Bonchev–Trinajstić information content (AvgIpc) is 2.91. The normalized spacial score (nSPS) is 10.3. The van der Waals surface area contributed by atoms with E-state index in [0.717, 1.165) is 4.88 Å². The monoisotopic (exact) mass is 299 g/mol. The van der Waals surface area contributed by atoms with Gasteiger partial charge >= 0.3 is 0 Å². The Morgan fingerprint density at radius 2 is 2.24 bits per heavy atom. The highest BCUT2D eigenvalue weighted by Gasteiger charge is 2.05. The minimum atomic E-state index is -0.382. The summed E-state index contributed by atoms with van der Waals surface area (Å²) in [5.74, 6) is 0.000261. The van der Waals surface area contributed by atoms with Crippen LogP contribution in [0.3, 0.4) is 0 Å². The third-order valence-corrected chi connectivity index (χ3v) is 3.44. The Kier molecular flexibility index (Phi) is 5.07. The van der Waals surface area contributed by atoms with Crippen molar-refractivity contribution in [3.63, 3.8) is 0 Å². The van der Waals surface area contributed by atoms with Crippen molar-refractivity contribution in [3.8, 4) is 11.8 Å². The van der Waals surface area contributed by atoms with E-state index in [4.69, 9.17) is 10.00 Å². The molecule has 1 aromatic carbocycles. The molecule has 0 bridgehead atoms. The molecular formula is C15H13N3O2S. The van der Waals surface area contributed by atoms with Gasteiger partial charge in [0.1, 0.15) is 11.8 Å². The number of hydrogen-bond donors (Lipinski definition) is 1. The molecule has 0 saturated heterocycles. The van der Waals surface area contributed by atoms with Crippen LogP contribution in [0.1, 0.15) is 15.3 Å². The smallest absolute Gasteiger partial charge is 0.277 e. The molecule has 0 atom stereocenters. The molecule has 0 aliphatic carbocycles. The number of nitriles is 1. The van der Waals surface area contributed by atoms with Gasteiger partial charge in [0.05, 0.1) is 11.8 Å². The lowest BCUT2D eigenvalue weighted by Gasteiger charge is -2.05. The van der Waals surface area contributed by atoms with Gasteiger partial charge in [-0.25, -0.2) is 5.43 Å². The second kappa shape index (κ2) is 7.22. The van der Waals surface area contributed by atoms with Crippen LogP contribution in [0.2, 0.25) is 0 Å². The van der Waals surface area contributed by atoms with Crippen LogP contribution in [-0.2, 0) is 4.79 Å². The van der Waals surface area contributed by atoms with Crippen LogP contribution in [-0.4, -0.2) is 18.7 Å². The molecule has 1 N–H and O–H groups in total. The first-order valence-electron chi connectivity index (χ1n) is 6.19. The topological polar surface area (TPSA) is 74.5 Å². The van der Waals surface area contributed by atoms with Gasteiger partial charge in [-0.2, -0.15) is 10.4 Å². The Hall–Kier alpha value is -2.65. The van der Waals surface area contributed by atoms with Crippen LogP contribution < -0.4 is 10.2 Å². The lowest BCUT2D eigenvalue weighted by molar-refractivity contribution is -0.123. The molecule has 106 valence electrons. The minimum absolute atomic E-state index is 0.195. The predicted molar refractivity (Wildman–Crippen MR) is 81.4 cm³/mol. The van der Waals surface area contributed by atoms with Crippen LogP contribution in [0.25, 0.3) is 0 Å². The van der Waals surface area contributed by atoms with Gasteiger partial charge in [-0.1, -0.05) is 12.1 Å². The number of amides is 1. The van der Waals surface area contributed by atoms with Gasteiger partial charge in [0.25, 0.3) is 5.91 Å². The number of nitrogens with one attached hydrogen (secondary N) is 1. The molecule has 0 unspecified atom stereocenters. The van der Waals surface area contributed by atoms with E-state index in [1.54, 1.807) is 41.8 Å². The molecule has 0 aliphatic rings. The van der Waals surface area contributed by atoms with E-state index >= 15 is 0 Å². The molecule has 2 aromatic rings. The molecule has 1 heterocycles. The fraction of sp³-hybridized carbons (Fsp3) is 0.133. The largest absolute Gasteiger partial charge is 0.482 e. The molecule has 2 rings (SSSR count). The summed E-state index contributed by atoms with van der Waals surface area (Å²) in [4.78, 5) is 13.7. The zero-order chi connectivity index (χ0) is 15.1. The summed E-state index contributed by atoms with van der Waals surface area (Å²) in [6, 6.07) is 12.7. The number of benzene rings is 1. The lowest BCUT2D eigenvalue weighted by Crippen LogP contribution is -2.24. The zero-order valence-corrected chi connectivity index (χ0v) is 12.2. The summed E-state index contributed by atoms with van der Waals surface area (Å²) in [5.41, 5.74) is 2.77. The van der Waals surface area contributed by atoms with Crippen LogP contribution >= 0.6 is 11.3 Å². The van der Waals surface area contributed by atoms with Gasteiger partial charge in [0, 0.05) is 9.75 Å². The number of thiophene rings is 1. The van der Waals surface area contributed by atoms with Gasteiger partial charge in [-0.3, -0.25) is 4.79 Å².